The van der Waals surface area contributed by atoms with Gasteiger partial charge in [-0.2, -0.15) is 0 Å². The lowest BCUT2D eigenvalue weighted by Crippen LogP contribution is -2.41. The summed E-state index contributed by atoms with van der Waals surface area (Å²) in [5.74, 6) is 0.202. The summed E-state index contributed by atoms with van der Waals surface area (Å²) >= 11 is 0. The molecule has 3 aromatic rings. The Labute approximate surface area is 232 Å². The number of alkyl carbamates (subject to hydrolysis) is 1. The molecule has 0 radical (unpaired) electrons. The summed E-state index contributed by atoms with van der Waals surface area (Å²) in [6.45, 7) is 16.1. The fraction of sp³-hybridized carbons (Fsp3) is 0.516. The third kappa shape index (κ3) is 5.60. The first-order chi connectivity index (χ1) is 18.2. The summed E-state index contributed by atoms with van der Waals surface area (Å²) in [7, 11) is 1.78. The quantitative estimate of drug-likeness (QED) is 0.440. The monoisotopic (exact) mass is 531 g/mol. The van der Waals surface area contributed by atoms with Gasteiger partial charge >= 0.3 is 13.2 Å². The van der Waals surface area contributed by atoms with E-state index in [1.165, 1.54) is 22.2 Å². The van der Waals surface area contributed by atoms with Crippen LogP contribution < -0.4 is 10.8 Å². The van der Waals surface area contributed by atoms with E-state index in [4.69, 9.17) is 14.0 Å². The molecule has 3 heterocycles. The lowest BCUT2D eigenvalue weighted by molar-refractivity contribution is 0.00578. The minimum Gasteiger partial charge on any atom is -0.444 e. The third-order valence-corrected chi connectivity index (χ3v) is 8.31. The van der Waals surface area contributed by atoms with Gasteiger partial charge in [0.2, 0.25) is 0 Å². The number of amides is 1. The van der Waals surface area contributed by atoms with Crippen LogP contribution in [-0.2, 0) is 27.1 Å². The zero-order chi connectivity index (χ0) is 28.2. The van der Waals surface area contributed by atoms with E-state index in [0.717, 1.165) is 18.6 Å². The number of carbonyl (C=O) groups excluding carboxylic acids is 1. The average Bonchev–Trinajstić information content (AvgIpc) is 3.43. The molecule has 1 amide bonds. The van der Waals surface area contributed by atoms with Crippen LogP contribution in [0, 0.1) is 5.92 Å². The molecule has 1 fully saturated rings. The molecule has 39 heavy (non-hydrogen) atoms. The van der Waals surface area contributed by atoms with E-state index in [0.29, 0.717) is 6.54 Å². The fourth-order valence-electron chi connectivity index (χ4n) is 5.72. The first-order valence-corrected chi connectivity index (χ1v) is 13.9. The molecular formula is C31H42BN3O4. The van der Waals surface area contributed by atoms with E-state index in [1.807, 2.05) is 26.8 Å². The normalized spacial score (nSPS) is 21.9. The van der Waals surface area contributed by atoms with Crippen molar-refractivity contribution in [3.63, 3.8) is 0 Å². The molecule has 1 aromatic heterocycles. The van der Waals surface area contributed by atoms with Crippen LogP contribution in [0.15, 0.2) is 54.6 Å². The maximum atomic E-state index is 12.5. The second-order valence-electron chi connectivity index (χ2n) is 13.1. The van der Waals surface area contributed by atoms with E-state index in [1.54, 1.807) is 0 Å². The molecule has 0 spiro atoms. The number of fused-ring (bicyclic) bond motifs is 3. The number of ether oxygens (including phenoxy) is 1. The number of nitrogens with one attached hydrogen (secondary N) is 1. The van der Waals surface area contributed by atoms with Crippen LogP contribution in [0.25, 0.3) is 10.9 Å². The predicted octanol–water partition coefficient (Wildman–Crippen LogP) is 5.27. The Morgan fingerprint density at radius 1 is 1.08 bits per heavy atom. The molecule has 0 unspecified atom stereocenters. The van der Waals surface area contributed by atoms with Crippen LogP contribution in [0.1, 0.15) is 65.8 Å². The molecule has 5 rings (SSSR count). The number of hydrogen-bond acceptors (Lipinski definition) is 5. The van der Waals surface area contributed by atoms with E-state index in [9.17, 15) is 4.79 Å². The minimum atomic E-state index is -0.528. The molecule has 1 N–H and O–H groups in total. The van der Waals surface area contributed by atoms with Crippen molar-refractivity contribution in [2.24, 2.45) is 5.92 Å². The molecule has 7 nitrogen and oxygen atoms in total. The molecule has 2 aliphatic rings. The Balaban J connectivity index is 1.42. The molecule has 2 atom stereocenters. The Kier molecular flexibility index (Phi) is 7.11. The molecule has 2 aliphatic heterocycles. The highest BCUT2D eigenvalue weighted by molar-refractivity contribution is 6.62. The van der Waals surface area contributed by atoms with Gasteiger partial charge < -0.3 is 23.9 Å². The Morgan fingerprint density at radius 3 is 2.38 bits per heavy atom. The highest BCUT2D eigenvalue weighted by Gasteiger charge is 2.51. The maximum absolute atomic E-state index is 12.5. The molecule has 208 valence electrons. The third-order valence-electron chi connectivity index (χ3n) is 8.31. The van der Waals surface area contributed by atoms with Gasteiger partial charge in [0.15, 0.2) is 0 Å². The molecule has 0 aliphatic carbocycles. The second kappa shape index (κ2) is 9.99. The predicted molar refractivity (Wildman–Crippen MR) is 156 cm³/mol. The van der Waals surface area contributed by atoms with Gasteiger partial charge in [0.1, 0.15) is 5.60 Å². The number of carbonyl (C=O) groups is 1. The summed E-state index contributed by atoms with van der Waals surface area (Å²) in [5, 5.41) is 4.20. The first kappa shape index (κ1) is 27.8. The van der Waals surface area contributed by atoms with Crippen molar-refractivity contribution < 1.29 is 18.8 Å². The van der Waals surface area contributed by atoms with Gasteiger partial charge in [-0.3, -0.25) is 4.90 Å². The molecule has 0 saturated carbocycles. The SMILES string of the molecule is CN(Cc1ccccc1)[C@@H]1c2cc3cc(B4OC(C)(C)C(C)(C)O4)ccc3n2C[C@@H]1CNC(=O)OC(C)(C)C. The van der Waals surface area contributed by atoms with Gasteiger partial charge in [0, 0.05) is 36.8 Å². The van der Waals surface area contributed by atoms with Gasteiger partial charge in [-0.15, -0.1) is 0 Å². The van der Waals surface area contributed by atoms with Crippen LogP contribution in [-0.4, -0.2) is 53.1 Å². The molecule has 0 bridgehead atoms. The van der Waals surface area contributed by atoms with Gasteiger partial charge in [-0.1, -0.05) is 42.5 Å². The Morgan fingerprint density at radius 2 is 1.74 bits per heavy atom. The lowest BCUT2D eigenvalue weighted by atomic mass is 9.78. The number of benzene rings is 2. The molecule has 8 heteroatoms. The highest BCUT2D eigenvalue weighted by atomic mass is 16.7. The van der Waals surface area contributed by atoms with Crippen LogP contribution in [0.4, 0.5) is 4.79 Å². The summed E-state index contributed by atoms with van der Waals surface area (Å²) < 4.78 is 20.6. The number of rotatable bonds is 6. The standard InChI is InChI=1S/C31H42BN3O4/c1-29(2,3)37-28(36)33-18-23-20-35-25-15-14-24(32-38-30(4,5)31(6,7)39-32)16-22(25)17-26(35)27(23)34(8)19-21-12-10-9-11-13-21/h9-17,23,27H,18-20H2,1-8H3,(H,33,36)/t23-,27-/m0/s1. The maximum Gasteiger partial charge on any atom is 0.494 e. The van der Waals surface area contributed by atoms with Crippen molar-refractivity contribution in [3.8, 4) is 0 Å². The number of hydrogen-bond donors (Lipinski definition) is 1. The topological polar surface area (TPSA) is 65.0 Å². The minimum absolute atomic E-state index is 0.132. The van der Waals surface area contributed by atoms with Crippen molar-refractivity contribution in [2.75, 3.05) is 13.6 Å². The zero-order valence-corrected chi connectivity index (χ0v) is 24.6. The van der Waals surface area contributed by atoms with Crippen LogP contribution >= 0.6 is 0 Å². The fourth-order valence-corrected chi connectivity index (χ4v) is 5.72. The summed E-state index contributed by atoms with van der Waals surface area (Å²) in [5.41, 5.74) is 3.44. The van der Waals surface area contributed by atoms with E-state index in [2.05, 4.69) is 98.1 Å². The van der Waals surface area contributed by atoms with E-state index < -0.39 is 12.7 Å². The first-order valence-electron chi connectivity index (χ1n) is 13.9. The van der Waals surface area contributed by atoms with E-state index in [-0.39, 0.29) is 29.3 Å². The van der Waals surface area contributed by atoms with Gasteiger partial charge in [-0.05, 0) is 84.1 Å². The summed E-state index contributed by atoms with van der Waals surface area (Å²) in [4.78, 5) is 14.9. The van der Waals surface area contributed by atoms with Crippen molar-refractivity contribution in [1.82, 2.24) is 14.8 Å². The Hall–Kier alpha value is -2.81. The van der Waals surface area contributed by atoms with Crippen LogP contribution in [0.3, 0.4) is 0 Å². The van der Waals surface area contributed by atoms with Crippen LogP contribution in [0.5, 0.6) is 0 Å². The number of aromatic nitrogens is 1. The molecule has 1 saturated heterocycles. The Bertz CT molecular complexity index is 1330. The summed E-state index contributed by atoms with van der Waals surface area (Å²) in [6, 6.07) is 19.4. The average molecular weight is 532 g/mol. The van der Waals surface area contributed by atoms with Crippen LogP contribution in [0.2, 0.25) is 0 Å². The van der Waals surface area contributed by atoms with Crippen molar-refractivity contribution in [2.45, 2.75) is 84.4 Å². The summed E-state index contributed by atoms with van der Waals surface area (Å²) in [6.07, 6.45) is -0.375. The van der Waals surface area contributed by atoms with Crippen molar-refractivity contribution >= 4 is 29.6 Å². The smallest absolute Gasteiger partial charge is 0.444 e. The lowest BCUT2D eigenvalue weighted by Gasteiger charge is -2.32. The zero-order valence-electron chi connectivity index (χ0n) is 24.6. The second-order valence-corrected chi connectivity index (χ2v) is 13.1. The van der Waals surface area contributed by atoms with Gasteiger partial charge in [-0.25, -0.2) is 4.79 Å². The van der Waals surface area contributed by atoms with Gasteiger partial charge in [0.25, 0.3) is 0 Å². The van der Waals surface area contributed by atoms with Gasteiger partial charge in [0.05, 0.1) is 17.2 Å². The highest BCUT2D eigenvalue weighted by Crippen LogP contribution is 2.41. The van der Waals surface area contributed by atoms with Crippen molar-refractivity contribution in [1.29, 1.82) is 0 Å². The number of nitrogens with zero attached hydrogens (tertiary/aromatic N) is 2. The largest absolute Gasteiger partial charge is 0.494 e. The molecule has 2 aromatic carbocycles. The van der Waals surface area contributed by atoms with Crippen molar-refractivity contribution in [3.05, 3.63) is 65.9 Å². The molecular weight excluding hydrogens is 489 g/mol. The van der Waals surface area contributed by atoms with E-state index >= 15 is 0 Å².